The van der Waals surface area contributed by atoms with Crippen LogP contribution in [0.25, 0.3) is 0 Å². The summed E-state index contributed by atoms with van der Waals surface area (Å²) in [5.41, 5.74) is 1.77. The highest BCUT2D eigenvalue weighted by molar-refractivity contribution is 6.02. The van der Waals surface area contributed by atoms with E-state index >= 15 is 0 Å². The lowest BCUT2D eigenvalue weighted by molar-refractivity contribution is 0.0544. The number of carbonyl (C=O) groups excluding carboxylic acids is 1. The molecule has 1 heterocycles. The predicted octanol–water partition coefficient (Wildman–Crippen LogP) is 3.47. The maximum Gasteiger partial charge on any atom is 0.258 e. The zero-order chi connectivity index (χ0) is 17.9. The Hall–Kier alpha value is -2.53. The van der Waals surface area contributed by atoms with Crippen LogP contribution in [0.5, 0.6) is 5.75 Å². The zero-order valence-corrected chi connectivity index (χ0v) is 14.9. The first-order chi connectivity index (χ1) is 12.1. The van der Waals surface area contributed by atoms with Gasteiger partial charge in [0.25, 0.3) is 5.91 Å². The second-order valence-electron chi connectivity index (χ2n) is 6.13. The Morgan fingerprint density at radius 3 is 2.56 bits per heavy atom. The number of rotatable bonds is 6. The third-order valence-electron chi connectivity index (χ3n) is 4.59. The number of nitrogens with one attached hydrogen (secondary N) is 1. The molecule has 1 amide bonds. The van der Waals surface area contributed by atoms with Gasteiger partial charge >= 0.3 is 0 Å². The van der Waals surface area contributed by atoms with E-state index in [0.29, 0.717) is 25.3 Å². The van der Waals surface area contributed by atoms with Crippen LogP contribution in [0.2, 0.25) is 0 Å². The highest BCUT2D eigenvalue weighted by Gasteiger charge is 2.43. The lowest BCUT2D eigenvalue weighted by Crippen LogP contribution is -2.55. The van der Waals surface area contributed by atoms with Crippen molar-refractivity contribution in [3.05, 3.63) is 59.7 Å². The maximum atomic E-state index is 13.0. The van der Waals surface area contributed by atoms with Crippen LogP contribution >= 0.6 is 0 Å². The van der Waals surface area contributed by atoms with Gasteiger partial charge in [-0.1, -0.05) is 30.3 Å². The maximum absolute atomic E-state index is 13.0. The van der Waals surface area contributed by atoms with E-state index < -0.39 is 5.66 Å². The number of ether oxygens (including phenoxy) is 2. The number of fused-ring (bicyclic) bond motifs is 1. The number of hydrogen-bond donors (Lipinski definition) is 1. The Labute approximate surface area is 148 Å². The van der Waals surface area contributed by atoms with Gasteiger partial charge in [-0.3, -0.25) is 4.79 Å². The van der Waals surface area contributed by atoms with Gasteiger partial charge in [-0.15, -0.1) is 0 Å². The van der Waals surface area contributed by atoms with E-state index in [4.69, 9.17) is 9.47 Å². The van der Waals surface area contributed by atoms with E-state index in [2.05, 4.69) is 5.32 Å². The molecule has 25 heavy (non-hydrogen) atoms. The number of nitrogens with zero attached hydrogens (tertiary/aromatic N) is 1. The molecule has 0 bridgehead atoms. The second-order valence-corrected chi connectivity index (χ2v) is 6.13. The van der Waals surface area contributed by atoms with Gasteiger partial charge in [0.15, 0.2) is 0 Å². The fourth-order valence-corrected chi connectivity index (χ4v) is 3.36. The lowest BCUT2D eigenvalue weighted by atomic mass is 9.93. The van der Waals surface area contributed by atoms with Crippen LogP contribution in [0.15, 0.2) is 48.5 Å². The van der Waals surface area contributed by atoms with E-state index in [0.717, 1.165) is 17.0 Å². The molecule has 1 aliphatic rings. The summed E-state index contributed by atoms with van der Waals surface area (Å²) in [6, 6.07) is 15.4. The first-order valence-corrected chi connectivity index (χ1v) is 8.52. The van der Waals surface area contributed by atoms with Crippen molar-refractivity contribution < 1.29 is 14.3 Å². The molecule has 0 aliphatic carbocycles. The fraction of sp³-hybridized carbons (Fsp3) is 0.350. The van der Waals surface area contributed by atoms with Crippen molar-refractivity contribution in [3.63, 3.8) is 0 Å². The average molecular weight is 340 g/mol. The van der Waals surface area contributed by atoms with Crippen molar-refractivity contribution in [1.29, 1.82) is 0 Å². The van der Waals surface area contributed by atoms with E-state index in [9.17, 15) is 4.79 Å². The van der Waals surface area contributed by atoms with E-state index in [-0.39, 0.29) is 5.91 Å². The summed E-state index contributed by atoms with van der Waals surface area (Å²) < 4.78 is 11.0. The summed E-state index contributed by atoms with van der Waals surface area (Å²) in [5, 5.41) is 3.55. The number of para-hydroxylation sites is 2. The molecule has 0 saturated heterocycles. The second kappa shape index (κ2) is 7.15. The average Bonchev–Trinajstić information content (AvgIpc) is 2.63. The number of carbonyl (C=O) groups is 1. The van der Waals surface area contributed by atoms with Crippen LogP contribution in [0, 0.1) is 0 Å². The van der Waals surface area contributed by atoms with Crippen molar-refractivity contribution >= 4 is 11.6 Å². The molecule has 1 unspecified atom stereocenters. The minimum Gasteiger partial charge on any atom is -0.491 e. The molecular weight excluding hydrogens is 316 g/mol. The van der Waals surface area contributed by atoms with Gasteiger partial charge in [-0.2, -0.15) is 0 Å². The van der Waals surface area contributed by atoms with Crippen LogP contribution in [0.1, 0.15) is 29.8 Å². The van der Waals surface area contributed by atoms with Gasteiger partial charge in [0.05, 0.1) is 12.2 Å². The third kappa shape index (κ3) is 3.07. The molecule has 2 aromatic carbocycles. The van der Waals surface area contributed by atoms with Crippen LogP contribution in [-0.2, 0) is 10.4 Å². The Morgan fingerprint density at radius 1 is 1.08 bits per heavy atom. The summed E-state index contributed by atoms with van der Waals surface area (Å²) >= 11 is 0. The molecule has 1 aliphatic heterocycles. The first-order valence-electron chi connectivity index (χ1n) is 8.52. The van der Waals surface area contributed by atoms with Gasteiger partial charge in [0.1, 0.15) is 18.0 Å². The van der Waals surface area contributed by atoms with Crippen molar-refractivity contribution in [2.75, 3.05) is 32.2 Å². The summed E-state index contributed by atoms with van der Waals surface area (Å²) in [4.78, 5) is 14.9. The quantitative estimate of drug-likeness (QED) is 0.818. The first kappa shape index (κ1) is 17.3. The zero-order valence-electron chi connectivity index (χ0n) is 14.9. The number of hydrogen-bond acceptors (Lipinski definition) is 4. The van der Waals surface area contributed by atoms with Gasteiger partial charge in [0, 0.05) is 24.9 Å². The van der Waals surface area contributed by atoms with Crippen molar-refractivity contribution in [2.24, 2.45) is 0 Å². The van der Waals surface area contributed by atoms with E-state index in [1.54, 1.807) is 7.11 Å². The van der Waals surface area contributed by atoms with Crippen LogP contribution in [0.4, 0.5) is 5.69 Å². The highest BCUT2D eigenvalue weighted by atomic mass is 16.5. The van der Waals surface area contributed by atoms with Crippen LogP contribution in [-0.4, -0.2) is 37.7 Å². The number of anilines is 1. The molecule has 0 saturated carbocycles. The largest absolute Gasteiger partial charge is 0.491 e. The summed E-state index contributed by atoms with van der Waals surface area (Å²) in [6.45, 7) is 5.56. The Balaban J connectivity index is 2.04. The molecule has 1 atom stereocenters. The number of benzene rings is 2. The van der Waals surface area contributed by atoms with Crippen LogP contribution in [0.3, 0.4) is 0 Å². The van der Waals surface area contributed by atoms with Crippen molar-refractivity contribution in [1.82, 2.24) is 4.90 Å². The molecule has 0 fully saturated rings. The molecular formula is C20H24N2O3. The third-order valence-corrected chi connectivity index (χ3v) is 4.59. The molecule has 0 spiro atoms. The van der Waals surface area contributed by atoms with Gasteiger partial charge in [-0.05, 0) is 32.0 Å². The SMILES string of the molecule is CCN1C(=O)c2ccccc2NC1(C)c1ccccc1OCCOC. The van der Waals surface area contributed by atoms with Crippen molar-refractivity contribution in [2.45, 2.75) is 19.5 Å². The Bertz CT molecular complexity index is 762. The van der Waals surface area contributed by atoms with E-state index in [1.165, 1.54) is 0 Å². The van der Waals surface area contributed by atoms with Gasteiger partial charge < -0.3 is 19.7 Å². The van der Waals surface area contributed by atoms with Gasteiger partial charge in [0.2, 0.25) is 0 Å². The van der Waals surface area contributed by atoms with E-state index in [1.807, 2.05) is 67.3 Å². The summed E-state index contributed by atoms with van der Waals surface area (Å²) in [6.07, 6.45) is 0. The van der Waals surface area contributed by atoms with Crippen molar-refractivity contribution in [3.8, 4) is 5.75 Å². The summed E-state index contributed by atoms with van der Waals surface area (Å²) in [5.74, 6) is 0.770. The topological polar surface area (TPSA) is 50.8 Å². The molecule has 0 aromatic heterocycles. The smallest absolute Gasteiger partial charge is 0.258 e. The molecule has 1 N–H and O–H groups in total. The molecule has 5 nitrogen and oxygen atoms in total. The Kier molecular flexibility index (Phi) is 4.95. The minimum absolute atomic E-state index is 0.0195. The fourth-order valence-electron chi connectivity index (χ4n) is 3.36. The molecule has 3 rings (SSSR count). The molecule has 0 radical (unpaired) electrons. The molecule has 5 heteroatoms. The number of amides is 1. The molecule has 2 aromatic rings. The summed E-state index contributed by atoms with van der Waals surface area (Å²) in [7, 11) is 1.65. The number of methoxy groups -OCH3 is 1. The standard InChI is InChI=1S/C20H24N2O3/c1-4-22-19(23)15-9-5-7-11-17(15)21-20(22,2)16-10-6-8-12-18(16)25-14-13-24-3/h5-12,21H,4,13-14H2,1-3H3. The van der Waals surface area contributed by atoms with Crippen LogP contribution < -0.4 is 10.1 Å². The molecule has 132 valence electrons. The Morgan fingerprint density at radius 2 is 1.80 bits per heavy atom. The predicted molar refractivity (Wildman–Crippen MR) is 97.9 cm³/mol. The monoisotopic (exact) mass is 340 g/mol. The highest BCUT2D eigenvalue weighted by Crippen LogP contribution is 2.40. The normalized spacial score (nSPS) is 19.3. The van der Waals surface area contributed by atoms with Gasteiger partial charge in [-0.25, -0.2) is 0 Å². The lowest BCUT2D eigenvalue weighted by Gasteiger charge is -2.46. The minimum atomic E-state index is -0.691.